The topological polar surface area (TPSA) is 0 Å². The SMILES string of the molecule is CCCCCCCCCCCCCCCCCCC(C)(Br)CC. The molecule has 0 N–H and O–H groups in total. The molecule has 0 aliphatic rings. The Balaban J connectivity index is 3.05. The van der Waals surface area contributed by atoms with E-state index in [9.17, 15) is 0 Å². The van der Waals surface area contributed by atoms with Gasteiger partial charge in [0.2, 0.25) is 0 Å². The van der Waals surface area contributed by atoms with E-state index in [1.807, 2.05) is 0 Å². The van der Waals surface area contributed by atoms with Gasteiger partial charge >= 0.3 is 0 Å². The van der Waals surface area contributed by atoms with Crippen LogP contribution in [0.25, 0.3) is 0 Å². The quantitative estimate of drug-likeness (QED) is 0.162. The average Bonchev–Trinajstić information content (AvgIpc) is 2.54. The van der Waals surface area contributed by atoms with Crippen LogP contribution in [0.3, 0.4) is 0 Å². The van der Waals surface area contributed by atoms with Crippen molar-refractivity contribution in [3.63, 3.8) is 0 Å². The van der Waals surface area contributed by atoms with Crippen molar-refractivity contribution >= 4 is 15.9 Å². The second-order valence-corrected chi connectivity index (χ2v) is 9.73. The van der Waals surface area contributed by atoms with Crippen molar-refractivity contribution in [3.05, 3.63) is 0 Å². The van der Waals surface area contributed by atoms with Crippen LogP contribution in [0.5, 0.6) is 0 Å². The van der Waals surface area contributed by atoms with Crippen LogP contribution in [-0.2, 0) is 0 Å². The second-order valence-electron chi connectivity index (χ2n) is 7.82. The first-order chi connectivity index (χ1) is 11.1. The van der Waals surface area contributed by atoms with Gasteiger partial charge in [-0.15, -0.1) is 0 Å². The van der Waals surface area contributed by atoms with E-state index in [4.69, 9.17) is 0 Å². The number of alkyl halides is 1. The van der Waals surface area contributed by atoms with Gasteiger partial charge in [-0.25, -0.2) is 0 Å². The van der Waals surface area contributed by atoms with Crippen molar-refractivity contribution in [1.29, 1.82) is 0 Å². The van der Waals surface area contributed by atoms with Gasteiger partial charge in [0.15, 0.2) is 0 Å². The van der Waals surface area contributed by atoms with Crippen LogP contribution in [0.1, 0.15) is 136 Å². The number of unbranched alkanes of at least 4 members (excludes halogenated alkanes) is 15. The Morgan fingerprint density at radius 2 is 0.826 bits per heavy atom. The fourth-order valence-electron chi connectivity index (χ4n) is 3.22. The maximum Gasteiger partial charge on any atom is 0.0227 e. The summed E-state index contributed by atoms with van der Waals surface area (Å²) in [5.41, 5.74) is 0. The summed E-state index contributed by atoms with van der Waals surface area (Å²) >= 11 is 3.83. The summed E-state index contributed by atoms with van der Waals surface area (Å²) < 4.78 is 0.392. The highest BCUT2D eigenvalue weighted by molar-refractivity contribution is 9.10. The van der Waals surface area contributed by atoms with Gasteiger partial charge in [-0.1, -0.05) is 133 Å². The molecule has 23 heavy (non-hydrogen) atoms. The van der Waals surface area contributed by atoms with Crippen LogP contribution in [-0.4, -0.2) is 4.32 Å². The largest absolute Gasteiger partial charge is 0.0856 e. The summed E-state index contributed by atoms with van der Waals surface area (Å²) in [5, 5.41) is 0. The van der Waals surface area contributed by atoms with Crippen molar-refractivity contribution in [3.8, 4) is 0 Å². The van der Waals surface area contributed by atoms with E-state index in [1.54, 1.807) is 0 Å². The molecule has 1 atom stereocenters. The third-order valence-electron chi connectivity index (χ3n) is 5.29. The van der Waals surface area contributed by atoms with Crippen molar-refractivity contribution in [1.82, 2.24) is 0 Å². The highest BCUT2D eigenvalue weighted by Gasteiger charge is 2.15. The van der Waals surface area contributed by atoms with Gasteiger partial charge < -0.3 is 0 Å². The summed E-state index contributed by atoms with van der Waals surface area (Å²) in [6.45, 7) is 6.91. The van der Waals surface area contributed by atoms with E-state index in [0.29, 0.717) is 4.32 Å². The predicted octanol–water partition coefficient (Wildman–Crippen LogP) is 9.20. The Labute approximate surface area is 156 Å². The van der Waals surface area contributed by atoms with E-state index in [1.165, 1.54) is 116 Å². The molecule has 0 heterocycles. The maximum atomic E-state index is 3.83. The summed E-state index contributed by atoms with van der Waals surface area (Å²) in [6.07, 6.45) is 25.9. The molecule has 0 aliphatic carbocycles. The Morgan fingerprint density at radius 3 is 1.13 bits per heavy atom. The normalized spacial score (nSPS) is 14.1. The molecule has 0 amide bonds. The summed E-state index contributed by atoms with van der Waals surface area (Å²) in [5.74, 6) is 0. The van der Waals surface area contributed by atoms with Crippen LogP contribution >= 0.6 is 15.9 Å². The molecule has 0 aromatic heterocycles. The minimum absolute atomic E-state index is 0.392. The molecule has 0 aliphatic heterocycles. The van der Waals surface area contributed by atoms with Gasteiger partial charge in [0.25, 0.3) is 0 Å². The monoisotopic (exact) mass is 388 g/mol. The molecule has 1 unspecified atom stereocenters. The fourth-order valence-corrected chi connectivity index (χ4v) is 3.50. The highest BCUT2D eigenvalue weighted by atomic mass is 79.9. The van der Waals surface area contributed by atoms with Gasteiger partial charge in [-0.05, 0) is 19.8 Å². The summed E-state index contributed by atoms with van der Waals surface area (Å²) in [7, 11) is 0. The van der Waals surface area contributed by atoms with E-state index >= 15 is 0 Å². The minimum atomic E-state index is 0.392. The van der Waals surface area contributed by atoms with Gasteiger partial charge in [-0.2, -0.15) is 0 Å². The zero-order valence-corrected chi connectivity index (χ0v) is 18.2. The molecule has 0 aromatic carbocycles. The lowest BCUT2D eigenvalue weighted by Gasteiger charge is -2.19. The molecule has 1 heteroatoms. The fraction of sp³-hybridized carbons (Fsp3) is 1.00. The minimum Gasteiger partial charge on any atom is -0.0856 e. The molecule has 0 fully saturated rings. The van der Waals surface area contributed by atoms with Crippen LogP contribution in [0.4, 0.5) is 0 Å². The van der Waals surface area contributed by atoms with Gasteiger partial charge in [0.05, 0.1) is 0 Å². The standard InChI is InChI=1S/C22H45Br/c1-4-6-7-8-9-10-11-12-13-14-15-16-17-18-19-20-21-22(3,23)5-2/h4-21H2,1-3H3. The molecular formula is C22H45Br. The molecule has 0 saturated carbocycles. The van der Waals surface area contributed by atoms with Gasteiger partial charge in [0, 0.05) is 4.32 Å². The Hall–Kier alpha value is 0.480. The molecular weight excluding hydrogens is 344 g/mol. The molecule has 0 bridgehead atoms. The van der Waals surface area contributed by atoms with E-state index < -0.39 is 0 Å². The second kappa shape index (κ2) is 17.3. The summed E-state index contributed by atoms with van der Waals surface area (Å²) in [4.78, 5) is 0. The Morgan fingerprint density at radius 1 is 0.522 bits per heavy atom. The first-order valence-corrected chi connectivity index (χ1v) is 11.6. The highest BCUT2D eigenvalue weighted by Crippen LogP contribution is 2.28. The van der Waals surface area contributed by atoms with Crippen molar-refractivity contribution in [2.24, 2.45) is 0 Å². The van der Waals surface area contributed by atoms with E-state index in [-0.39, 0.29) is 0 Å². The zero-order valence-electron chi connectivity index (χ0n) is 16.6. The smallest absolute Gasteiger partial charge is 0.0227 e. The van der Waals surface area contributed by atoms with Crippen LogP contribution in [0, 0.1) is 0 Å². The third-order valence-corrected chi connectivity index (χ3v) is 6.25. The number of hydrogen-bond acceptors (Lipinski definition) is 0. The van der Waals surface area contributed by atoms with Crippen LogP contribution < -0.4 is 0 Å². The molecule has 0 aromatic rings. The van der Waals surface area contributed by atoms with Crippen LogP contribution in [0.2, 0.25) is 0 Å². The lowest BCUT2D eigenvalue weighted by molar-refractivity contribution is 0.503. The van der Waals surface area contributed by atoms with Crippen molar-refractivity contribution in [2.45, 2.75) is 141 Å². The molecule has 0 saturated heterocycles. The Bertz CT molecular complexity index is 222. The average molecular weight is 390 g/mol. The number of halogens is 1. The first-order valence-electron chi connectivity index (χ1n) is 10.8. The molecule has 0 nitrogen and oxygen atoms in total. The van der Waals surface area contributed by atoms with Gasteiger partial charge in [-0.3, -0.25) is 0 Å². The van der Waals surface area contributed by atoms with Crippen molar-refractivity contribution < 1.29 is 0 Å². The lowest BCUT2D eigenvalue weighted by Crippen LogP contribution is -2.13. The van der Waals surface area contributed by atoms with E-state index in [2.05, 4.69) is 36.7 Å². The predicted molar refractivity (Wildman–Crippen MR) is 112 cm³/mol. The molecule has 140 valence electrons. The number of hydrogen-bond donors (Lipinski definition) is 0. The van der Waals surface area contributed by atoms with E-state index in [0.717, 1.165) is 0 Å². The zero-order chi connectivity index (χ0) is 17.2. The number of rotatable bonds is 18. The molecule has 0 rings (SSSR count). The molecule has 0 radical (unpaired) electrons. The Kier molecular flexibility index (Phi) is 17.7. The molecule has 0 spiro atoms. The van der Waals surface area contributed by atoms with Crippen LogP contribution in [0.15, 0.2) is 0 Å². The first kappa shape index (κ1) is 23.5. The maximum absolute atomic E-state index is 3.83. The van der Waals surface area contributed by atoms with Crippen molar-refractivity contribution in [2.75, 3.05) is 0 Å². The summed E-state index contributed by atoms with van der Waals surface area (Å²) in [6, 6.07) is 0. The third kappa shape index (κ3) is 18.7. The van der Waals surface area contributed by atoms with Gasteiger partial charge in [0.1, 0.15) is 0 Å². The lowest BCUT2D eigenvalue weighted by atomic mass is 9.99.